The topological polar surface area (TPSA) is 55.1 Å². The maximum atomic E-state index is 12.4. The summed E-state index contributed by atoms with van der Waals surface area (Å²) in [5, 5.41) is 3.18. The molecule has 1 saturated carbocycles. The molecule has 1 aliphatic carbocycles. The summed E-state index contributed by atoms with van der Waals surface area (Å²) in [4.78, 5) is 12.4. The van der Waals surface area contributed by atoms with Gasteiger partial charge in [-0.3, -0.25) is 4.79 Å². The standard InChI is InChI=1S/C19H22N2O/c20-17(14-7-3-1-4-8-14)13-18(22)21-19(16-11-12-16)15-9-5-2-6-10-15/h1-10,16-17,19H,11-13,20H2,(H,21,22). The minimum Gasteiger partial charge on any atom is -0.349 e. The lowest BCUT2D eigenvalue weighted by molar-refractivity contribution is -0.122. The van der Waals surface area contributed by atoms with Crippen LogP contribution < -0.4 is 11.1 Å². The first-order valence-electron chi connectivity index (χ1n) is 7.89. The number of carbonyl (C=O) groups is 1. The van der Waals surface area contributed by atoms with Gasteiger partial charge in [0.15, 0.2) is 0 Å². The van der Waals surface area contributed by atoms with Crippen LogP contribution in [0.1, 0.15) is 42.5 Å². The van der Waals surface area contributed by atoms with Crippen LogP contribution in [0.5, 0.6) is 0 Å². The van der Waals surface area contributed by atoms with Crippen LogP contribution in [-0.2, 0) is 4.79 Å². The molecule has 22 heavy (non-hydrogen) atoms. The Morgan fingerprint density at radius 3 is 2.09 bits per heavy atom. The lowest BCUT2D eigenvalue weighted by Crippen LogP contribution is -2.32. The first kappa shape index (κ1) is 14.8. The van der Waals surface area contributed by atoms with Gasteiger partial charge in [-0.2, -0.15) is 0 Å². The fourth-order valence-corrected chi connectivity index (χ4v) is 2.81. The Morgan fingerprint density at radius 1 is 1.00 bits per heavy atom. The molecule has 1 fully saturated rings. The molecule has 0 aliphatic heterocycles. The Morgan fingerprint density at radius 2 is 1.55 bits per heavy atom. The maximum absolute atomic E-state index is 12.4. The van der Waals surface area contributed by atoms with E-state index in [9.17, 15) is 4.79 Å². The van der Waals surface area contributed by atoms with Crippen LogP contribution in [-0.4, -0.2) is 5.91 Å². The molecular weight excluding hydrogens is 272 g/mol. The van der Waals surface area contributed by atoms with Crippen LogP contribution in [0.25, 0.3) is 0 Å². The number of hydrogen-bond donors (Lipinski definition) is 2. The molecule has 0 bridgehead atoms. The summed E-state index contributed by atoms with van der Waals surface area (Å²) in [5.74, 6) is 0.594. The molecule has 3 nitrogen and oxygen atoms in total. The largest absolute Gasteiger partial charge is 0.349 e. The molecule has 3 heteroatoms. The summed E-state index contributed by atoms with van der Waals surface area (Å²) in [5.41, 5.74) is 8.33. The highest BCUT2D eigenvalue weighted by Crippen LogP contribution is 2.41. The highest BCUT2D eigenvalue weighted by atomic mass is 16.1. The third-order valence-electron chi connectivity index (χ3n) is 4.20. The highest BCUT2D eigenvalue weighted by Gasteiger charge is 2.33. The van der Waals surface area contributed by atoms with Crippen molar-refractivity contribution < 1.29 is 4.79 Å². The summed E-state index contributed by atoms with van der Waals surface area (Å²) < 4.78 is 0. The van der Waals surface area contributed by atoms with Gasteiger partial charge in [-0.15, -0.1) is 0 Å². The van der Waals surface area contributed by atoms with Gasteiger partial charge in [0.25, 0.3) is 0 Å². The molecule has 0 saturated heterocycles. The van der Waals surface area contributed by atoms with Gasteiger partial charge >= 0.3 is 0 Å². The number of nitrogens with two attached hydrogens (primary N) is 1. The summed E-state index contributed by atoms with van der Waals surface area (Å²) in [6.45, 7) is 0. The van der Waals surface area contributed by atoms with Crippen LogP contribution in [0.2, 0.25) is 0 Å². The molecule has 0 aromatic heterocycles. The van der Waals surface area contributed by atoms with E-state index in [0.717, 1.165) is 5.56 Å². The van der Waals surface area contributed by atoms with Crippen LogP contribution in [0.3, 0.4) is 0 Å². The van der Waals surface area contributed by atoms with Crippen LogP contribution >= 0.6 is 0 Å². The Hall–Kier alpha value is -2.13. The third-order valence-corrected chi connectivity index (χ3v) is 4.20. The predicted molar refractivity (Wildman–Crippen MR) is 88.0 cm³/mol. The number of hydrogen-bond acceptors (Lipinski definition) is 2. The SMILES string of the molecule is NC(CC(=O)NC(c1ccccc1)C1CC1)c1ccccc1. The maximum Gasteiger partial charge on any atom is 0.222 e. The van der Waals surface area contributed by atoms with Crippen molar-refractivity contribution in [3.05, 3.63) is 71.8 Å². The van der Waals surface area contributed by atoms with Gasteiger partial charge in [0, 0.05) is 12.5 Å². The van der Waals surface area contributed by atoms with Crippen molar-refractivity contribution in [1.82, 2.24) is 5.32 Å². The third kappa shape index (κ3) is 3.74. The van der Waals surface area contributed by atoms with E-state index in [2.05, 4.69) is 17.4 Å². The first-order valence-corrected chi connectivity index (χ1v) is 7.89. The molecule has 2 aromatic carbocycles. The van der Waals surface area contributed by atoms with E-state index < -0.39 is 0 Å². The van der Waals surface area contributed by atoms with Crippen molar-refractivity contribution in [2.75, 3.05) is 0 Å². The van der Waals surface area contributed by atoms with Gasteiger partial charge in [0.1, 0.15) is 0 Å². The van der Waals surface area contributed by atoms with Gasteiger partial charge in [0.2, 0.25) is 5.91 Å². The summed E-state index contributed by atoms with van der Waals surface area (Å²) in [7, 11) is 0. The highest BCUT2D eigenvalue weighted by molar-refractivity contribution is 5.77. The number of amides is 1. The number of carbonyl (C=O) groups excluding carboxylic acids is 1. The van der Waals surface area contributed by atoms with Crippen molar-refractivity contribution >= 4 is 5.91 Å². The molecule has 3 rings (SSSR count). The minimum absolute atomic E-state index is 0.0251. The van der Waals surface area contributed by atoms with Gasteiger partial charge in [0.05, 0.1) is 6.04 Å². The molecule has 2 aromatic rings. The van der Waals surface area contributed by atoms with Crippen molar-refractivity contribution in [3.8, 4) is 0 Å². The van der Waals surface area contributed by atoms with Crippen molar-refractivity contribution in [2.24, 2.45) is 11.7 Å². The van der Waals surface area contributed by atoms with E-state index in [1.54, 1.807) is 0 Å². The number of nitrogens with one attached hydrogen (secondary N) is 1. The van der Waals surface area contributed by atoms with Crippen molar-refractivity contribution in [2.45, 2.75) is 31.3 Å². The van der Waals surface area contributed by atoms with E-state index in [1.165, 1.54) is 18.4 Å². The molecule has 1 amide bonds. The lowest BCUT2D eigenvalue weighted by Gasteiger charge is -2.20. The van der Waals surface area contributed by atoms with E-state index in [4.69, 9.17) is 5.73 Å². The second kappa shape index (κ2) is 6.75. The van der Waals surface area contributed by atoms with Crippen molar-refractivity contribution in [1.29, 1.82) is 0 Å². The lowest BCUT2D eigenvalue weighted by atomic mass is 10.0. The van der Waals surface area contributed by atoms with Crippen LogP contribution in [0, 0.1) is 5.92 Å². The normalized spacial score (nSPS) is 16.8. The van der Waals surface area contributed by atoms with Gasteiger partial charge in [-0.25, -0.2) is 0 Å². The zero-order chi connectivity index (χ0) is 15.4. The zero-order valence-corrected chi connectivity index (χ0v) is 12.6. The Labute approximate surface area is 131 Å². The summed E-state index contributed by atoms with van der Waals surface area (Å²) in [6.07, 6.45) is 2.69. The van der Waals surface area contributed by atoms with Gasteiger partial charge in [-0.05, 0) is 29.9 Å². The summed E-state index contributed by atoms with van der Waals surface area (Å²) >= 11 is 0. The fraction of sp³-hybridized carbons (Fsp3) is 0.316. The molecule has 0 radical (unpaired) electrons. The van der Waals surface area contributed by atoms with Crippen LogP contribution in [0.4, 0.5) is 0 Å². The van der Waals surface area contributed by atoms with E-state index in [0.29, 0.717) is 12.3 Å². The average Bonchev–Trinajstić information content (AvgIpc) is 3.39. The molecule has 0 spiro atoms. The molecule has 2 unspecified atom stereocenters. The molecule has 3 N–H and O–H groups in total. The molecular formula is C19H22N2O. The first-order chi connectivity index (χ1) is 10.7. The van der Waals surface area contributed by atoms with E-state index in [1.807, 2.05) is 48.5 Å². The molecule has 0 heterocycles. The van der Waals surface area contributed by atoms with E-state index in [-0.39, 0.29) is 18.0 Å². The Kier molecular flexibility index (Phi) is 4.54. The molecule has 114 valence electrons. The van der Waals surface area contributed by atoms with Gasteiger partial charge in [-0.1, -0.05) is 60.7 Å². The molecule has 1 aliphatic rings. The smallest absolute Gasteiger partial charge is 0.222 e. The predicted octanol–water partition coefficient (Wildman–Crippen LogP) is 3.34. The molecule has 2 atom stereocenters. The van der Waals surface area contributed by atoms with E-state index >= 15 is 0 Å². The second-order valence-corrected chi connectivity index (χ2v) is 6.01. The van der Waals surface area contributed by atoms with Crippen molar-refractivity contribution in [3.63, 3.8) is 0 Å². The fourth-order valence-electron chi connectivity index (χ4n) is 2.81. The second-order valence-electron chi connectivity index (χ2n) is 6.01. The minimum atomic E-state index is -0.253. The number of rotatable bonds is 6. The Balaban J connectivity index is 1.62. The number of benzene rings is 2. The van der Waals surface area contributed by atoms with Gasteiger partial charge < -0.3 is 11.1 Å². The van der Waals surface area contributed by atoms with Crippen LogP contribution in [0.15, 0.2) is 60.7 Å². The average molecular weight is 294 g/mol. The summed E-state index contributed by atoms with van der Waals surface area (Å²) in [6, 6.07) is 19.9. The monoisotopic (exact) mass is 294 g/mol. The Bertz CT molecular complexity index is 608. The zero-order valence-electron chi connectivity index (χ0n) is 12.6. The quantitative estimate of drug-likeness (QED) is 0.858.